The molecule has 114 valence electrons. The van der Waals surface area contributed by atoms with E-state index in [0.29, 0.717) is 18.7 Å². The molecule has 2 atom stereocenters. The molecule has 1 rings (SSSR count). The Hall–Kier alpha value is -1.31. The molecule has 0 saturated heterocycles. The van der Waals surface area contributed by atoms with Gasteiger partial charge in [-0.2, -0.15) is 0 Å². The number of methoxy groups -OCH3 is 1. The van der Waals surface area contributed by atoms with E-state index in [1.807, 2.05) is 0 Å². The topological polar surface area (TPSA) is 50.7 Å². The van der Waals surface area contributed by atoms with Crippen molar-refractivity contribution < 1.29 is 27.8 Å². The summed E-state index contributed by atoms with van der Waals surface area (Å²) in [5.74, 6) is -3.10. The highest BCUT2D eigenvalue weighted by Gasteiger charge is 2.13. The number of anilines is 1. The van der Waals surface area contributed by atoms with Crippen LogP contribution in [0.1, 0.15) is 6.92 Å². The Morgan fingerprint density at radius 3 is 2.35 bits per heavy atom. The van der Waals surface area contributed by atoms with Gasteiger partial charge in [0, 0.05) is 25.8 Å². The smallest absolute Gasteiger partial charge is 0.152 e. The van der Waals surface area contributed by atoms with E-state index in [4.69, 9.17) is 9.47 Å². The predicted octanol–water partition coefficient (Wildman–Crippen LogP) is 1.93. The lowest BCUT2D eigenvalue weighted by atomic mass is 10.2. The van der Waals surface area contributed by atoms with E-state index in [1.165, 1.54) is 7.11 Å². The van der Waals surface area contributed by atoms with E-state index in [9.17, 15) is 18.3 Å². The van der Waals surface area contributed by atoms with Crippen molar-refractivity contribution in [3.8, 4) is 0 Å². The van der Waals surface area contributed by atoms with Gasteiger partial charge >= 0.3 is 0 Å². The molecular weight excluding hydrogens is 275 g/mol. The molecule has 0 aromatic heterocycles. The fraction of sp³-hybridized carbons (Fsp3) is 0.538. The third kappa shape index (κ3) is 5.36. The Morgan fingerprint density at radius 1 is 1.20 bits per heavy atom. The molecule has 20 heavy (non-hydrogen) atoms. The fourth-order valence-corrected chi connectivity index (χ4v) is 1.55. The number of hydrogen-bond acceptors (Lipinski definition) is 4. The maximum atomic E-state index is 13.3. The molecule has 0 heterocycles. The molecule has 4 nitrogen and oxygen atoms in total. The van der Waals surface area contributed by atoms with E-state index < -0.39 is 29.2 Å². The standard InChI is InChI=1S/C13H18F3NO3/c1-8(6-19-2)20-7-10(18)5-17-13-11(15)3-9(14)4-12(13)16/h3-4,8,10,17-18H,5-7H2,1-2H3. The normalized spacial score (nSPS) is 14.1. The molecule has 2 unspecified atom stereocenters. The van der Waals surface area contributed by atoms with Crippen LogP contribution in [0.4, 0.5) is 18.9 Å². The second kappa shape index (κ2) is 8.08. The van der Waals surface area contributed by atoms with E-state index in [-0.39, 0.29) is 19.3 Å². The lowest BCUT2D eigenvalue weighted by molar-refractivity contribution is -0.0282. The zero-order valence-electron chi connectivity index (χ0n) is 11.3. The van der Waals surface area contributed by atoms with Crippen LogP contribution in [0.2, 0.25) is 0 Å². The van der Waals surface area contributed by atoms with E-state index >= 15 is 0 Å². The molecule has 0 aliphatic carbocycles. The highest BCUT2D eigenvalue weighted by Crippen LogP contribution is 2.19. The number of aliphatic hydroxyl groups excluding tert-OH is 1. The fourth-order valence-electron chi connectivity index (χ4n) is 1.55. The molecule has 0 aliphatic heterocycles. The first kappa shape index (κ1) is 16.7. The van der Waals surface area contributed by atoms with Gasteiger partial charge in [-0.3, -0.25) is 0 Å². The number of rotatable bonds is 8. The van der Waals surface area contributed by atoms with Crippen LogP contribution in [0.5, 0.6) is 0 Å². The Kier molecular flexibility index (Phi) is 6.77. The number of nitrogens with one attached hydrogen (secondary N) is 1. The largest absolute Gasteiger partial charge is 0.389 e. The van der Waals surface area contributed by atoms with Crippen molar-refractivity contribution in [3.63, 3.8) is 0 Å². The van der Waals surface area contributed by atoms with E-state index in [1.54, 1.807) is 6.92 Å². The van der Waals surface area contributed by atoms with Gasteiger partial charge in [-0.1, -0.05) is 0 Å². The van der Waals surface area contributed by atoms with Crippen molar-refractivity contribution in [2.45, 2.75) is 19.1 Å². The van der Waals surface area contributed by atoms with Crippen LogP contribution < -0.4 is 5.32 Å². The molecule has 1 aromatic rings. The minimum Gasteiger partial charge on any atom is -0.389 e. The number of halogens is 3. The van der Waals surface area contributed by atoms with Crippen LogP contribution >= 0.6 is 0 Å². The third-order valence-electron chi connectivity index (χ3n) is 2.50. The molecule has 0 spiro atoms. The molecule has 0 radical (unpaired) electrons. The minimum atomic E-state index is -1.05. The molecule has 0 saturated carbocycles. The summed E-state index contributed by atoms with van der Waals surface area (Å²) in [6.07, 6.45) is -1.16. The summed E-state index contributed by atoms with van der Waals surface area (Å²) in [7, 11) is 1.53. The van der Waals surface area contributed by atoms with Crippen molar-refractivity contribution in [1.82, 2.24) is 0 Å². The number of ether oxygens (including phenoxy) is 2. The summed E-state index contributed by atoms with van der Waals surface area (Å²) in [5, 5.41) is 12.0. The summed E-state index contributed by atoms with van der Waals surface area (Å²) in [6.45, 7) is 2.01. The average Bonchev–Trinajstić information content (AvgIpc) is 2.35. The van der Waals surface area contributed by atoms with Crippen LogP contribution in [-0.4, -0.2) is 44.2 Å². The monoisotopic (exact) mass is 293 g/mol. The molecule has 7 heteroatoms. The Balaban J connectivity index is 2.43. The van der Waals surface area contributed by atoms with Gasteiger partial charge in [-0.05, 0) is 6.92 Å². The Bertz CT molecular complexity index is 408. The van der Waals surface area contributed by atoms with Gasteiger partial charge in [0.25, 0.3) is 0 Å². The van der Waals surface area contributed by atoms with Gasteiger partial charge in [-0.25, -0.2) is 13.2 Å². The first-order chi connectivity index (χ1) is 9.43. The predicted molar refractivity (Wildman–Crippen MR) is 68.1 cm³/mol. The van der Waals surface area contributed by atoms with E-state index in [2.05, 4.69) is 5.32 Å². The van der Waals surface area contributed by atoms with Crippen molar-refractivity contribution in [2.75, 3.05) is 32.2 Å². The van der Waals surface area contributed by atoms with Crippen molar-refractivity contribution >= 4 is 5.69 Å². The third-order valence-corrected chi connectivity index (χ3v) is 2.50. The zero-order chi connectivity index (χ0) is 15.1. The summed E-state index contributed by atoms with van der Waals surface area (Å²) in [4.78, 5) is 0. The number of aliphatic hydroxyl groups is 1. The summed E-state index contributed by atoms with van der Waals surface area (Å²) < 4.78 is 49.4. The van der Waals surface area contributed by atoms with Crippen LogP contribution in [-0.2, 0) is 9.47 Å². The Morgan fingerprint density at radius 2 is 1.80 bits per heavy atom. The van der Waals surface area contributed by atoms with E-state index in [0.717, 1.165) is 0 Å². The minimum absolute atomic E-state index is 0.0119. The maximum absolute atomic E-state index is 13.3. The van der Waals surface area contributed by atoms with Crippen molar-refractivity contribution in [3.05, 3.63) is 29.6 Å². The first-order valence-electron chi connectivity index (χ1n) is 6.11. The highest BCUT2D eigenvalue weighted by molar-refractivity contribution is 5.46. The lowest BCUT2D eigenvalue weighted by Gasteiger charge is -2.17. The van der Waals surface area contributed by atoms with Crippen LogP contribution in [0.3, 0.4) is 0 Å². The number of hydrogen-bond donors (Lipinski definition) is 2. The molecule has 2 N–H and O–H groups in total. The van der Waals surface area contributed by atoms with Gasteiger partial charge in [0.15, 0.2) is 11.6 Å². The maximum Gasteiger partial charge on any atom is 0.152 e. The molecule has 0 bridgehead atoms. The van der Waals surface area contributed by atoms with Crippen LogP contribution in [0.25, 0.3) is 0 Å². The summed E-state index contributed by atoms with van der Waals surface area (Å²) >= 11 is 0. The van der Waals surface area contributed by atoms with Crippen molar-refractivity contribution in [2.24, 2.45) is 0 Å². The zero-order valence-corrected chi connectivity index (χ0v) is 11.3. The quantitative estimate of drug-likeness (QED) is 0.769. The second-order valence-electron chi connectivity index (χ2n) is 4.38. The molecular formula is C13H18F3NO3. The van der Waals surface area contributed by atoms with Gasteiger partial charge in [0.2, 0.25) is 0 Å². The van der Waals surface area contributed by atoms with Crippen molar-refractivity contribution in [1.29, 1.82) is 0 Å². The number of benzene rings is 1. The summed E-state index contributed by atoms with van der Waals surface area (Å²) in [5.41, 5.74) is -0.476. The van der Waals surface area contributed by atoms with Crippen LogP contribution in [0.15, 0.2) is 12.1 Å². The first-order valence-corrected chi connectivity index (χ1v) is 6.11. The molecule has 0 amide bonds. The highest BCUT2D eigenvalue weighted by atomic mass is 19.1. The van der Waals surface area contributed by atoms with Gasteiger partial charge in [0.1, 0.15) is 11.5 Å². The lowest BCUT2D eigenvalue weighted by Crippen LogP contribution is -2.28. The Labute approximate surface area is 115 Å². The SMILES string of the molecule is COCC(C)OCC(O)CNc1c(F)cc(F)cc1F. The average molecular weight is 293 g/mol. The summed E-state index contributed by atoms with van der Waals surface area (Å²) in [6, 6.07) is 1.13. The van der Waals surface area contributed by atoms with Gasteiger partial charge in [-0.15, -0.1) is 0 Å². The van der Waals surface area contributed by atoms with Gasteiger partial charge in [0.05, 0.1) is 25.4 Å². The second-order valence-corrected chi connectivity index (χ2v) is 4.38. The molecule has 1 aromatic carbocycles. The van der Waals surface area contributed by atoms with Crippen LogP contribution in [0, 0.1) is 17.5 Å². The van der Waals surface area contributed by atoms with Gasteiger partial charge < -0.3 is 19.9 Å². The molecule has 0 aliphatic rings. The molecule has 0 fully saturated rings.